The van der Waals surface area contributed by atoms with Gasteiger partial charge in [0.2, 0.25) is 0 Å². The first-order valence-electron chi connectivity index (χ1n) is 8.09. The fourth-order valence-corrected chi connectivity index (χ4v) is 3.55. The second kappa shape index (κ2) is 9.19. The van der Waals surface area contributed by atoms with Gasteiger partial charge >= 0.3 is 0 Å². The molecule has 3 N–H and O–H groups in total. The maximum absolute atomic E-state index is 4.36. The van der Waals surface area contributed by atoms with Crippen molar-refractivity contribution >= 4 is 52.2 Å². The van der Waals surface area contributed by atoms with Gasteiger partial charge in [-0.05, 0) is 31.9 Å². The highest BCUT2D eigenvalue weighted by molar-refractivity contribution is 14.0. The molecule has 3 aromatic rings. The van der Waals surface area contributed by atoms with Crippen LogP contribution < -0.4 is 10.6 Å². The molecule has 0 saturated heterocycles. The number of aromatic nitrogens is 2. The number of aromatic amines is 1. The van der Waals surface area contributed by atoms with Crippen LogP contribution in [0, 0.1) is 13.8 Å². The van der Waals surface area contributed by atoms with E-state index in [0.717, 1.165) is 23.9 Å². The molecule has 1 aromatic carbocycles. The third-order valence-electron chi connectivity index (χ3n) is 3.99. The molecule has 7 heteroatoms. The highest BCUT2D eigenvalue weighted by atomic mass is 127. The van der Waals surface area contributed by atoms with E-state index < -0.39 is 0 Å². The van der Waals surface area contributed by atoms with Crippen LogP contribution in [-0.4, -0.2) is 29.5 Å². The summed E-state index contributed by atoms with van der Waals surface area (Å²) in [6.07, 6.45) is 2.85. The number of H-pyrrole nitrogens is 1. The van der Waals surface area contributed by atoms with Crippen molar-refractivity contribution in [2.75, 3.05) is 13.6 Å². The first-order chi connectivity index (χ1) is 11.7. The Kier molecular flexibility index (Phi) is 7.24. The third kappa shape index (κ3) is 4.94. The second-order valence-corrected chi connectivity index (χ2v) is 7.06. The first kappa shape index (κ1) is 19.7. The number of guanidine groups is 1. The lowest BCUT2D eigenvalue weighted by atomic mass is 10.1. The van der Waals surface area contributed by atoms with E-state index in [1.54, 1.807) is 18.4 Å². The minimum Gasteiger partial charge on any atom is -0.358 e. The molecule has 0 amide bonds. The van der Waals surface area contributed by atoms with E-state index in [0.29, 0.717) is 6.54 Å². The maximum atomic E-state index is 4.36. The minimum atomic E-state index is 0. The van der Waals surface area contributed by atoms with E-state index in [2.05, 4.69) is 63.7 Å². The van der Waals surface area contributed by atoms with Crippen molar-refractivity contribution in [1.29, 1.82) is 0 Å². The molecule has 0 radical (unpaired) electrons. The molecule has 2 aromatic heterocycles. The van der Waals surface area contributed by atoms with Gasteiger partial charge in [-0.15, -0.1) is 35.3 Å². The van der Waals surface area contributed by atoms with Crippen molar-refractivity contribution in [2.45, 2.75) is 26.8 Å². The van der Waals surface area contributed by atoms with Crippen molar-refractivity contribution < 1.29 is 0 Å². The van der Waals surface area contributed by atoms with E-state index in [9.17, 15) is 0 Å². The molecular formula is C18H24IN5S. The van der Waals surface area contributed by atoms with Crippen LogP contribution >= 0.6 is 35.3 Å². The average Bonchev–Trinajstić information content (AvgIpc) is 3.14. The topological polar surface area (TPSA) is 65.1 Å². The number of aliphatic imine (C=N–C) groups is 1. The number of hydrogen-bond acceptors (Lipinski definition) is 3. The standard InChI is InChI=1S/C18H23N5S.HI/c1-12-10-21-17(24-12)11-22-18(19-3)20-9-8-14-13(2)23-16-7-5-4-6-15(14)16;/h4-7,10,23H,8-9,11H2,1-3H3,(H2,19,20,22);1H. The Balaban J connectivity index is 0.00000225. The normalized spacial score (nSPS) is 11.4. The van der Waals surface area contributed by atoms with E-state index in [1.807, 2.05) is 6.20 Å². The summed E-state index contributed by atoms with van der Waals surface area (Å²) in [6.45, 7) is 5.73. The van der Waals surface area contributed by atoms with Crippen LogP contribution in [0.2, 0.25) is 0 Å². The van der Waals surface area contributed by atoms with Crippen LogP contribution in [0.25, 0.3) is 10.9 Å². The number of fused-ring (bicyclic) bond motifs is 1. The molecule has 0 aliphatic carbocycles. The zero-order valence-corrected chi connectivity index (χ0v) is 17.9. The minimum absolute atomic E-state index is 0. The number of hydrogen-bond donors (Lipinski definition) is 3. The van der Waals surface area contributed by atoms with Crippen LogP contribution in [0.4, 0.5) is 0 Å². The molecule has 134 valence electrons. The SMILES string of the molecule is CN=C(NCCc1c(C)[nH]c2ccccc12)NCc1ncc(C)s1.I. The summed E-state index contributed by atoms with van der Waals surface area (Å²) in [4.78, 5) is 13.3. The van der Waals surface area contributed by atoms with Crippen molar-refractivity contribution in [1.82, 2.24) is 20.6 Å². The zero-order valence-electron chi connectivity index (χ0n) is 14.7. The Morgan fingerprint density at radius 2 is 2.04 bits per heavy atom. The summed E-state index contributed by atoms with van der Waals surface area (Å²) in [7, 11) is 1.79. The zero-order chi connectivity index (χ0) is 16.9. The van der Waals surface area contributed by atoms with Gasteiger partial charge in [-0.1, -0.05) is 18.2 Å². The molecule has 2 heterocycles. The fraction of sp³-hybridized carbons (Fsp3) is 0.333. The molecule has 5 nitrogen and oxygen atoms in total. The molecule has 0 aliphatic heterocycles. The predicted octanol–water partition coefficient (Wildman–Crippen LogP) is 3.77. The highest BCUT2D eigenvalue weighted by Crippen LogP contribution is 2.21. The fourth-order valence-electron chi connectivity index (χ4n) is 2.83. The van der Waals surface area contributed by atoms with Crippen molar-refractivity contribution in [3.8, 4) is 0 Å². The van der Waals surface area contributed by atoms with Crippen molar-refractivity contribution in [3.05, 3.63) is 51.6 Å². The Morgan fingerprint density at radius 3 is 2.76 bits per heavy atom. The lowest BCUT2D eigenvalue weighted by molar-refractivity contribution is 0.791. The van der Waals surface area contributed by atoms with Gasteiger partial charge in [0, 0.05) is 41.3 Å². The summed E-state index contributed by atoms with van der Waals surface area (Å²) < 4.78 is 0. The number of aryl methyl sites for hydroxylation is 2. The number of nitrogens with one attached hydrogen (secondary N) is 3. The van der Waals surface area contributed by atoms with E-state index in [-0.39, 0.29) is 24.0 Å². The predicted molar refractivity (Wildman–Crippen MR) is 117 cm³/mol. The smallest absolute Gasteiger partial charge is 0.191 e. The van der Waals surface area contributed by atoms with Crippen LogP contribution in [0.1, 0.15) is 21.1 Å². The molecule has 0 saturated carbocycles. The highest BCUT2D eigenvalue weighted by Gasteiger charge is 2.08. The largest absolute Gasteiger partial charge is 0.358 e. The van der Waals surface area contributed by atoms with Crippen molar-refractivity contribution in [2.24, 2.45) is 4.99 Å². The second-order valence-electron chi connectivity index (χ2n) is 5.74. The Morgan fingerprint density at radius 1 is 1.24 bits per heavy atom. The van der Waals surface area contributed by atoms with Gasteiger partial charge in [0.15, 0.2) is 5.96 Å². The number of para-hydroxylation sites is 1. The molecule has 0 atom stereocenters. The van der Waals surface area contributed by atoms with Gasteiger partial charge in [-0.25, -0.2) is 4.98 Å². The number of nitrogens with zero attached hydrogens (tertiary/aromatic N) is 2. The van der Waals surface area contributed by atoms with Crippen LogP contribution in [0.5, 0.6) is 0 Å². The Labute approximate surface area is 169 Å². The van der Waals surface area contributed by atoms with E-state index in [1.165, 1.54) is 27.0 Å². The van der Waals surface area contributed by atoms with Crippen molar-refractivity contribution in [3.63, 3.8) is 0 Å². The molecule has 3 rings (SSSR count). The summed E-state index contributed by atoms with van der Waals surface area (Å²) in [5.41, 5.74) is 3.80. The van der Waals surface area contributed by atoms with Gasteiger partial charge in [0.05, 0.1) is 6.54 Å². The summed E-state index contributed by atoms with van der Waals surface area (Å²) in [5, 5.41) is 9.06. The molecule has 0 unspecified atom stereocenters. The summed E-state index contributed by atoms with van der Waals surface area (Å²) >= 11 is 1.70. The third-order valence-corrected chi connectivity index (χ3v) is 4.91. The van der Waals surface area contributed by atoms with Gasteiger partial charge in [-0.3, -0.25) is 4.99 Å². The lowest BCUT2D eigenvalue weighted by Crippen LogP contribution is -2.37. The van der Waals surface area contributed by atoms with Gasteiger partial charge in [-0.2, -0.15) is 0 Å². The van der Waals surface area contributed by atoms with E-state index >= 15 is 0 Å². The quantitative estimate of drug-likeness (QED) is 0.303. The maximum Gasteiger partial charge on any atom is 0.191 e. The Bertz CT molecular complexity index is 852. The summed E-state index contributed by atoms with van der Waals surface area (Å²) in [6, 6.07) is 8.44. The number of halogens is 1. The Hall–Kier alpha value is -1.61. The lowest BCUT2D eigenvalue weighted by Gasteiger charge is -2.11. The van der Waals surface area contributed by atoms with Crippen LogP contribution in [0.15, 0.2) is 35.5 Å². The molecule has 25 heavy (non-hydrogen) atoms. The van der Waals surface area contributed by atoms with Gasteiger partial charge in [0.25, 0.3) is 0 Å². The van der Waals surface area contributed by atoms with Crippen LogP contribution in [-0.2, 0) is 13.0 Å². The first-order valence-corrected chi connectivity index (χ1v) is 8.91. The number of rotatable bonds is 5. The van der Waals surface area contributed by atoms with Gasteiger partial charge in [0.1, 0.15) is 5.01 Å². The van der Waals surface area contributed by atoms with E-state index in [4.69, 9.17) is 0 Å². The molecule has 0 fully saturated rings. The number of thiazole rings is 1. The van der Waals surface area contributed by atoms with Crippen LogP contribution in [0.3, 0.4) is 0 Å². The molecule has 0 aliphatic rings. The molecular weight excluding hydrogens is 445 g/mol. The average molecular weight is 469 g/mol. The van der Waals surface area contributed by atoms with Gasteiger partial charge < -0.3 is 15.6 Å². The summed E-state index contributed by atoms with van der Waals surface area (Å²) in [5.74, 6) is 0.806. The monoisotopic (exact) mass is 469 g/mol. The number of benzene rings is 1. The molecule has 0 bridgehead atoms. The molecule has 0 spiro atoms.